The summed E-state index contributed by atoms with van der Waals surface area (Å²) in [6.45, 7) is 2.87. The molecule has 1 unspecified atom stereocenters. The number of thioether (sulfide) groups is 1. The topological polar surface area (TPSA) is 12.0 Å². The van der Waals surface area contributed by atoms with E-state index in [9.17, 15) is 4.39 Å². The van der Waals surface area contributed by atoms with Gasteiger partial charge in [0.25, 0.3) is 0 Å². The summed E-state index contributed by atoms with van der Waals surface area (Å²) in [4.78, 5) is 0. The molecule has 0 saturated carbocycles. The first-order chi connectivity index (χ1) is 7.69. The van der Waals surface area contributed by atoms with Gasteiger partial charge in [0.15, 0.2) is 0 Å². The SMILES string of the molecule is CCC(CSC)NCc1cccc(F)c1Br. The van der Waals surface area contributed by atoms with Crippen LogP contribution in [0.25, 0.3) is 0 Å². The van der Waals surface area contributed by atoms with Crippen molar-refractivity contribution in [3.05, 3.63) is 34.1 Å². The summed E-state index contributed by atoms with van der Waals surface area (Å²) < 4.78 is 13.8. The van der Waals surface area contributed by atoms with Crippen molar-refractivity contribution in [2.24, 2.45) is 0 Å². The molecule has 0 fully saturated rings. The van der Waals surface area contributed by atoms with Crippen molar-refractivity contribution < 1.29 is 4.39 Å². The summed E-state index contributed by atoms with van der Waals surface area (Å²) in [6, 6.07) is 5.64. The second-order valence-electron chi connectivity index (χ2n) is 3.65. The first-order valence-electron chi connectivity index (χ1n) is 5.34. The van der Waals surface area contributed by atoms with Crippen LogP contribution in [0.4, 0.5) is 4.39 Å². The van der Waals surface area contributed by atoms with Crippen LogP contribution in [0.2, 0.25) is 0 Å². The molecule has 0 aliphatic rings. The average Bonchev–Trinajstić information content (AvgIpc) is 2.29. The smallest absolute Gasteiger partial charge is 0.137 e. The number of nitrogens with one attached hydrogen (secondary N) is 1. The van der Waals surface area contributed by atoms with Gasteiger partial charge >= 0.3 is 0 Å². The van der Waals surface area contributed by atoms with Gasteiger partial charge in [-0.05, 0) is 40.2 Å². The maximum Gasteiger partial charge on any atom is 0.137 e. The number of hydrogen-bond acceptors (Lipinski definition) is 2. The van der Waals surface area contributed by atoms with E-state index in [1.165, 1.54) is 6.07 Å². The van der Waals surface area contributed by atoms with Crippen LogP contribution >= 0.6 is 27.7 Å². The highest BCUT2D eigenvalue weighted by Crippen LogP contribution is 2.20. The van der Waals surface area contributed by atoms with Gasteiger partial charge in [-0.25, -0.2) is 4.39 Å². The molecule has 0 aliphatic carbocycles. The zero-order valence-electron chi connectivity index (χ0n) is 9.59. The Balaban J connectivity index is 2.56. The standard InChI is InChI=1S/C12H17BrFNS/c1-3-10(8-16-2)15-7-9-5-4-6-11(14)12(9)13/h4-6,10,15H,3,7-8H2,1-2H3. The predicted molar refractivity (Wildman–Crippen MR) is 73.4 cm³/mol. The van der Waals surface area contributed by atoms with E-state index in [2.05, 4.69) is 34.4 Å². The maximum atomic E-state index is 13.3. The fourth-order valence-corrected chi connectivity index (χ4v) is 2.62. The van der Waals surface area contributed by atoms with E-state index in [4.69, 9.17) is 0 Å². The lowest BCUT2D eigenvalue weighted by Crippen LogP contribution is -2.30. The number of rotatable bonds is 6. The van der Waals surface area contributed by atoms with Crippen LogP contribution in [-0.4, -0.2) is 18.1 Å². The summed E-state index contributed by atoms with van der Waals surface area (Å²) in [5.41, 5.74) is 0.972. The van der Waals surface area contributed by atoms with Crippen LogP contribution in [0.1, 0.15) is 18.9 Å². The van der Waals surface area contributed by atoms with Gasteiger partial charge in [-0.15, -0.1) is 0 Å². The molecule has 0 heterocycles. The third-order valence-electron chi connectivity index (χ3n) is 2.47. The predicted octanol–water partition coefficient (Wildman–Crippen LogP) is 3.82. The molecule has 1 N–H and O–H groups in total. The van der Waals surface area contributed by atoms with Crippen molar-refractivity contribution >= 4 is 27.7 Å². The summed E-state index contributed by atoms with van der Waals surface area (Å²) in [5.74, 6) is 0.890. The Labute approximate surface area is 109 Å². The Bertz CT molecular complexity index is 333. The van der Waals surface area contributed by atoms with Crippen molar-refractivity contribution in [3.63, 3.8) is 0 Å². The molecule has 1 nitrogen and oxygen atoms in total. The highest BCUT2D eigenvalue weighted by atomic mass is 79.9. The molecule has 16 heavy (non-hydrogen) atoms. The molecular formula is C12H17BrFNS. The van der Waals surface area contributed by atoms with Crippen molar-refractivity contribution in [2.45, 2.75) is 25.9 Å². The molecule has 0 radical (unpaired) electrons. The Kier molecular flexibility index (Phi) is 6.39. The normalized spacial score (nSPS) is 12.8. The molecule has 0 spiro atoms. The van der Waals surface area contributed by atoms with Gasteiger partial charge in [0, 0.05) is 18.3 Å². The minimum atomic E-state index is -0.197. The van der Waals surface area contributed by atoms with Crippen LogP contribution in [0.3, 0.4) is 0 Å². The molecule has 0 bridgehead atoms. The van der Waals surface area contributed by atoms with E-state index in [1.54, 1.807) is 6.07 Å². The van der Waals surface area contributed by atoms with E-state index in [0.29, 0.717) is 17.1 Å². The van der Waals surface area contributed by atoms with E-state index in [0.717, 1.165) is 17.7 Å². The minimum absolute atomic E-state index is 0.197. The lowest BCUT2D eigenvalue weighted by Gasteiger charge is -2.16. The lowest BCUT2D eigenvalue weighted by atomic mass is 10.2. The van der Waals surface area contributed by atoms with Gasteiger partial charge in [0.05, 0.1) is 4.47 Å². The fourth-order valence-electron chi connectivity index (χ4n) is 1.46. The van der Waals surface area contributed by atoms with Gasteiger partial charge in [-0.1, -0.05) is 19.1 Å². The first-order valence-corrected chi connectivity index (χ1v) is 7.53. The van der Waals surface area contributed by atoms with Crippen molar-refractivity contribution in [2.75, 3.05) is 12.0 Å². The molecule has 0 aromatic heterocycles. The van der Waals surface area contributed by atoms with E-state index in [-0.39, 0.29) is 5.82 Å². The van der Waals surface area contributed by atoms with E-state index in [1.807, 2.05) is 17.8 Å². The highest BCUT2D eigenvalue weighted by Gasteiger charge is 2.08. The van der Waals surface area contributed by atoms with Gasteiger partial charge < -0.3 is 5.32 Å². The maximum absolute atomic E-state index is 13.3. The van der Waals surface area contributed by atoms with Gasteiger partial charge in [-0.2, -0.15) is 11.8 Å². The zero-order chi connectivity index (χ0) is 12.0. The van der Waals surface area contributed by atoms with Crippen LogP contribution < -0.4 is 5.32 Å². The first kappa shape index (κ1) is 14.0. The second-order valence-corrected chi connectivity index (χ2v) is 5.36. The van der Waals surface area contributed by atoms with Crippen molar-refractivity contribution in [3.8, 4) is 0 Å². The molecule has 4 heteroatoms. The third-order valence-corrected chi connectivity index (χ3v) is 4.10. The summed E-state index contributed by atoms with van der Waals surface area (Å²) >= 11 is 5.10. The second kappa shape index (κ2) is 7.30. The molecule has 0 aliphatic heterocycles. The minimum Gasteiger partial charge on any atom is -0.309 e. The molecular weight excluding hydrogens is 289 g/mol. The van der Waals surface area contributed by atoms with Crippen LogP contribution in [0, 0.1) is 5.82 Å². The molecule has 1 atom stereocenters. The quantitative estimate of drug-likeness (QED) is 0.857. The summed E-state index contributed by atoms with van der Waals surface area (Å²) in [7, 11) is 0. The molecule has 1 aromatic rings. The lowest BCUT2D eigenvalue weighted by molar-refractivity contribution is 0.537. The number of halogens is 2. The molecule has 1 aromatic carbocycles. The fraction of sp³-hybridized carbons (Fsp3) is 0.500. The number of benzene rings is 1. The Hall–Kier alpha value is -0.0600. The molecule has 0 saturated heterocycles. The van der Waals surface area contributed by atoms with E-state index >= 15 is 0 Å². The van der Waals surface area contributed by atoms with Crippen LogP contribution in [-0.2, 0) is 6.54 Å². The monoisotopic (exact) mass is 305 g/mol. The van der Waals surface area contributed by atoms with Crippen LogP contribution in [0.5, 0.6) is 0 Å². The van der Waals surface area contributed by atoms with E-state index < -0.39 is 0 Å². The van der Waals surface area contributed by atoms with Gasteiger partial charge in [0.2, 0.25) is 0 Å². The Morgan fingerprint density at radius 1 is 1.50 bits per heavy atom. The summed E-state index contributed by atoms with van der Waals surface area (Å²) in [6.07, 6.45) is 3.19. The Morgan fingerprint density at radius 3 is 2.88 bits per heavy atom. The van der Waals surface area contributed by atoms with Crippen molar-refractivity contribution in [1.29, 1.82) is 0 Å². The van der Waals surface area contributed by atoms with Gasteiger partial charge in [-0.3, -0.25) is 0 Å². The Morgan fingerprint density at radius 2 is 2.25 bits per heavy atom. The largest absolute Gasteiger partial charge is 0.309 e. The van der Waals surface area contributed by atoms with Gasteiger partial charge in [0.1, 0.15) is 5.82 Å². The summed E-state index contributed by atoms with van der Waals surface area (Å²) in [5, 5.41) is 3.44. The molecule has 90 valence electrons. The van der Waals surface area contributed by atoms with Crippen molar-refractivity contribution in [1.82, 2.24) is 5.32 Å². The molecule has 1 rings (SSSR count). The third kappa shape index (κ3) is 4.07. The molecule has 0 amide bonds. The van der Waals surface area contributed by atoms with Crippen LogP contribution in [0.15, 0.2) is 22.7 Å². The number of hydrogen-bond donors (Lipinski definition) is 1. The average molecular weight is 306 g/mol. The zero-order valence-corrected chi connectivity index (χ0v) is 12.0. The highest BCUT2D eigenvalue weighted by molar-refractivity contribution is 9.10.